The van der Waals surface area contributed by atoms with Gasteiger partial charge in [0.05, 0.1) is 16.7 Å². The van der Waals surface area contributed by atoms with Crippen molar-refractivity contribution < 1.29 is 0 Å². The molecule has 2 heterocycles. The van der Waals surface area contributed by atoms with Crippen molar-refractivity contribution in [3.63, 3.8) is 0 Å². The summed E-state index contributed by atoms with van der Waals surface area (Å²) < 4.78 is 5.51. The third kappa shape index (κ3) is 1.90. The molecule has 0 aliphatic carbocycles. The first-order chi connectivity index (χ1) is 10.3. The fraction of sp³-hybridized carbons (Fsp3) is 0.118. The Morgan fingerprint density at radius 1 is 1.00 bits per heavy atom. The predicted octanol–water partition coefficient (Wildman–Crippen LogP) is 4.74. The van der Waals surface area contributed by atoms with Crippen LogP contribution in [-0.2, 0) is 6.54 Å². The molecule has 0 spiro atoms. The van der Waals surface area contributed by atoms with E-state index < -0.39 is 0 Å². The summed E-state index contributed by atoms with van der Waals surface area (Å²) in [6.45, 7) is 3.06. The molecule has 4 rings (SSSR count). The maximum atomic E-state index is 4.83. The van der Waals surface area contributed by atoms with Gasteiger partial charge in [-0.05, 0) is 31.2 Å². The fourth-order valence-corrected chi connectivity index (χ4v) is 3.08. The number of hydrogen-bond donors (Lipinski definition) is 0. The van der Waals surface area contributed by atoms with E-state index >= 15 is 0 Å². The summed E-state index contributed by atoms with van der Waals surface area (Å²) in [6, 6.07) is 16.7. The van der Waals surface area contributed by atoms with E-state index in [1.807, 2.05) is 12.1 Å². The Balaban J connectivity index is 2.00. The van der Waals surface area contributed by atoms with Crippen molar-refractivity contribution in [2.75, 3.05) is 0 Å². The largest absolute Gasteiger partial charge is 0.310 e. The van der Waals surface area contributed by atoms with Crippen molar-refractivity contribution in [2.24, 2.45) is 0 Å². The summed E-state index contributed by atoms with van der Waals surface area (Å²) >= 11 is 3.47. The van der Waals surface area contributed by atoms with Crippen LogP contribution in [0.3, 0.4) is 0 Å². The molecule has 0 unspecified atom stereocenters. The van der Waals surface area contributed by atoms with Crippen LogP contribution in [0.2, 0.25) is 0 Å². The topological polar surface area (TPSA) is 22.2 Å². The molecule has 0 aliphatic heterocycles. The van der Waals surface area contributed by atoms with E-state index in [0.717, 1.165) is 28.1 Å². The Labute approximate surface area is 131 Å². The van der Waals surface area contributed by atoms with Crippen molar-refractivity contribution in [1.82, 2.24) is 14.0 Å². The molecule has 0 fully saturated rings. The highest BCUT2D eigenvalue weighted by Gasteiger charge is 2.13. The quantitative estimate of drug-likeness (QED) is 0.517. The molecule has 4 aromatic rings. The van der Waals surface area contributed by atoms with Crippen molar-refractivity contribution in [1.29, 1.82) is 0 Å². The van der Waals surface area contributed by atoms with Gasteiger partial charge in [0.2, 0.25) is 5.78 Å². The van der Waals surface area contributed by atoms with E-state index in [-0.39, 0.29) is 0 Å². The molecule has 3 nitrogen and oxygen atoms in total. The lowest BCUT2D eigenvalue weighted by atomic mass is 10.2. The molecule has 0 amide bonds. The highest BCUT2D eigenvalue weighted by atomic mass is 79.9. The number of aromatic nitrogens is 3. The summed E-state index contributed by atoms with van der Waals surface area (Å²) in [5, 5.41) is 0. The lowest BCUT2D eigenvalue weighted by Gasteiger charge is -2.00. The maximum Gasteiger partial charge on any atom is 0.215 e. The number of halogens is 1. The Morgan fingerprint density at radius 3 is 2.43 bits per heavy atom. The molecule has 2 aromatic carbocycles. The molecule has 4 heteroatoms. The van der Waals surface area contributed by atoms with E-state index in [4.69, 9.17) is 4.98 Å². The summed E-state index contributed by atoms with van der Waals surface area (Å²) in [6.07, 6.45) is 2.12. The van der Waals surface area contributed by atoms with Crippen LogP contribution in [0.25, 0.3) is 28.1 Å². The van der Waals surface area contributed by atoms with Gasteiger partial charge >= 0.3 is 0 Å². The Hall–Kier alpha value is -2.07. The average Bonchev–Trinajstić information content (AvgIpc) is 3.05. The van der Waals surface area contributed by atoms with Gasteiger partial charge in [-0.15, -0.1) is 0 Å². The van der Waals surface area contributed by atoms with Gasteiger partial charge < -0.3 is 4.57 Å². The van der Waals surface area contributed by atoms with Crippen LogP contribution in [0.4, 0.5) is 0 Å². The Kier molecular flexibility index (Phi) is 2.86. The highest BCUT2D eigenvalue weighted by molar-refractivity contribution is 9.10. The lowest BCUT2D eigenvalue weighted by Crippen LogP contribution is -1.94. The second-order valence-electron chi connectivity index (χ2n) is 5.04. The Morgan fingerprint density at radius 2 is 1.71 bits per heavy atom. The minimum atomic E-state index is 0.911. The molecule has 0 saturated carbocycles. The number of rotatable bonds is 2. The zero-order valence-corrected chi connectivity index (χ0v) is 13.2. The molecular formula is C17H14BrN3. The lowest BCUT2D eigenvalue weighted by molar-refractivity contribution is 0.807. The summed E-state index contributed by atoms with van der Waals surface area (Å²) in [4.78, 5) is 4.83. The van der Waals surface area contributed by atoms with Crippen LogP contribution in [0.1, 0.15) is 6.92 Å². The van der Waals surface area contributed by atoms with Gasteiger partial charge in [-0.3, -0.25) is 4.40 Å². The molecule has 2 aromatic heterocycles. The smallest absolute Gasteiger partial charge is 0.215 e. The van der Waals surface area contributed by atoms with E-state index in [1.54, 1.807) is 0 Å². The van der Waals surface area contributed by atoms with Gasteiger partial charge in [0.15, 0.2) is 0 Å². The Bertz CT molecular complexity index is 932. The third-order valence-electron chi connectivity index (χ3n) is 3.82. The van der Waals surface area contributed by atoms with E-state index in [1.165, 1.54) is 11.0 Å². The van der Waals surface area contributed by atoms with Crippen LogP contribution in [0.5, 0.6) is 0 Å². The second kappa shape index (κ2) is 4.74. The maximum absolute atomic E-state index is 4.83. The average molecular weight is 340 g/mol. The number of fused-ring (bicyclic) bond motifs is 3. The van der Waals surface area contributed by atoms with Crippen molar-refractivity contribution in [3.05, 3.63) is 59.2 Å². The zero-order chi connectivity index (χ0) is 14.4. The van der Waals surface area contributed by atoms with Crippen molar-refractivity contribution in [3.8, 4) is 11.3 Å². The number of imidazole rings is 2. The van der Waals surface area contributed by atoms with Gasteiger partial charge in [0.25, 0.3) is 0 Å². The van der Waals surface area contributed by atoms with E-state index in [9.17, 15) is 0 Å². The summed E-state index contributed by atoms with van der Waals surface area (Å²) in [7, 11) is 0. The molecular weight excluding hydrogens is 326 g/mol. The minimum Gasteiger partial charge on any atom is -0.310 e. The van der Waals surface area contributed by atoms with Gasteiger partial charge in [-0.25, -0.2) is 4.98 Å². The molecule has 0 N–H and O–H groups in total. The van der Waals surface area contributed by atoms with Crippen LogP contribution < -0.4 is 0 Å². The van der Waals surface area contributed by atoms with Crippen molar-refractivity contribution in [2.45, 2.75) is 13.5 Å². The van der Waals surface area contributed by atoms with Crippen LogP contribution >= 0.6 is 15.9 Å². The first-order valence-electron chi connectivity index (χ1n) is 7.00. The monoisotopic (exact) mass is 339 g/mol. The van der Waals surface area contributed by atoms with E-state index in [2.05, 4.69) is 74.4 Å². The predicted molar refractivity (Wildman–Crippen MR) is 89.5 cm³/mol. The molecule has 104 valence electrons. The van der Waals surface area contributed by atoms with Gasteiger partial charge in [-0.1, -0.05) is 40.2 Å². The van der Waals surface area contributed by atoms with Gasteiger partial charge in [0.1, 0.15) is 0 Å². The molecule has 0 atom stereocenters. The number of benzene rings is 2. The second-order valence-corrected chi connectivity index (χ2v) is 5.95. The third-order valence-corrected chi connectivity index (χ3v) is 4.35. The molecule has 0 aliphatic rings. The fourth-order valence-electron chi connectivity index (χ4n) is 2.81. The SMILES string of the molecule is CCn1c2ccccc2n2cc(-c3ccc(Br)cc3)nc12. The van der Waals surface area contributed by atoms with Crippen LogP contribution in [0.15, 0.2) is 59.2 Å². The number of nitrogens with zero attached hydrogens (tertiary/aromatic N) is 3. The van der Waals surface area contributed by atoms with E-state index in [0.29, 0.717) is 0 Å². The number of aryl methyl sites for hydroxylation is 1. The van der Waals surface area contributed by atoms with Gasteiger partial charge in [-0.2, -0.15) is 0 Å². The number of para-hydroxylation sites is 2. The molecule has 0 bridgehead atoms. The first-order valence-corrected chi connectivity index (χ1v) is 7.79. The highest BCUT2D eigenvalue weighted by Crippen LogP contribution is 2.26. The minimum absolute atomic E-state index is 0.911. The van der Waals surface area contributed by atoms with Gasteiger partial charge in [0, 0.05) is 22.8 Å². The summed E-state index contributed by atoms with van der Waals surface area (Å²) in [5.74, 6) is 0.997. The zero-order valence-electron chi connectivity index (χ0n) is 11.6. The summed E-state index contributed by atoms with van der Waals surface area (Å²) in [5.41, 5.74) is 4.56. The standard InChI is InChI=1S/C17H14BrN3/c1-2-20-15-5-3-4-6-16(15)21-11-14(19-17(20)21)12-7-9-13(18)10-8-12/h3-11H,2H2,1H3. The molecule has 21 heavy (non-hydrogen) atoms. The first kappa shape index (κ1) is 12.7. The molecule has 0 saturated heterocycles. The normalized spacial score (nSPS) is 11.5. The van der Waals surface area contributed by atoms with Crippen molar-refractivity contribution >= 4 is 32.7 Å². The molecule has 0 radical (unpaired) electrons. The van der Waals surface area contributed by atoms with Crippen LogP contribution in [0, 0.1) is 0 Å². The van der Waals surface area contributed by atoms with Crippen LogP contribution in [-0.4, -0.2) is 14.0 Å². The number of hydrogen-bond acceptors (Lipinski definition) is 1.